The zero-order chi connectivity index (χ0) is 13.4. The van der Waals surface area contributed by atoms with Crippen LogP contribution in [0.5, 0.6) is 0 Å². The van der Waals surface area contributed by atoms with Crippen molar-refractivity contribution in [1.82, 2.24) is 15.3 Å². The van der Waals surface area contributed by atoms with Gasteiger partial charge in [-0.25, -0.2) is 4.98 Å². The number of rotatable bonds is 2. The second-order valence-corrected chi connectivity index (χ2v) is 5.78. The zero-order valence-corrected chi connectivity index (χ0v) is 11.5. The number of aromatic amines is 1. The van der Waals surface area contributed by atoms with Gasteiger partial charge in [-0.3, -0.25) is 0 Å². The van der Waals surface area contributed by atoms with E-state index in [0.717, 1.165) is 24.7 Å². The van der Waals surface area contributed by atoms with Crippen molar-refractivity contribution < 1.29 is 2.85 Å². The van der Waals surface area contributed by atoms with Crippen molar-refractivity contribution in [3.05, 3.63) is 42.2 Å². The Morgan fingerprint density at radius 2 is 2.10 bits per heavy atom. The maximum Gasteiger partial charge on any atom is 0.137 e. The average Bonchev–Trinajstić information content (AvgIpc) is 2.97. The molecule has 0 aliphatic carbocycles. The van der Waals surface area contributed by atoms with Crippen LogP contribution in [-0.4, -0.2) is 23.1 Å². The summed E-state index contributed by atoms with van der Waals surface area (Å²) in [6, 6.07) is 8.77. The van der Waals surface area contributed by atoms with Gasteiger partial charge in [-0.15, -0.1) is 0 Å². The molecule has 0 unspecified atom stereocenters. The molecule has 1 saturated heterocycles. The van der Waals surface area contributed by atoms with E-state index in [4.69, 9.17) is 0 Å². The fourth-order valence-electron chi connectivity index (χ4n) is 3.43. The number of aromatic nitrogens is 2. The Bertz CT molecular complexity index is 748. The summed E-state index contributed by atoms with van der Waals surface area (Å²) in [5.74, 6) is 0.809. The molecule has 1 fully saturated rings. The van der Waals surface area contributed by atoms with Crippen LogP contribution in [-0.2, 0) is 6.42 Å². The normalized spacial score (nSPS) is 17.0. The van der Waals surface area contributed by atoms with Gasteiger partial charge in [-0.05, 0) is 55.3 Å². The second kappa shape index (κ2) is 4.91. The highest BCUT2D eigenvalue weighted by Gasteiger charge is 2.16. The third-order valence-electron chi connectivity index (χ3n) is 4.48. The summed E-state index contributed by atoms with van der Waals surface area (Å²) in [4.78, 5) is 7.71. The number of nitrogens with zero attached hydrogens (tertiary/aromatic N) is 1. The largest absolute Gasteiger partial charge is 0.346 e. The molecule has 1 aromatic carbocycles. The lowest BCUT2D eigenvalue weighted by Gasteiger charge is -2.23. The molecule has 20 heavy (non-hydrogen) atoms. The first-order valence-electron chi connectivity index (χ1n) is 7.46. The third kappa shape index (κ3) is 1.98. The van der Waals surface area contributed by atoms with E-state index in [9.17, 15) is 0 Å². The lowest BCUT2D eigenvalue weighted by molar-refractivity contribution is 0.373. The third-order valence-corrected chi connectivity index (χ3v) is 4.48. The summed E-state index contributed by atoms with van der Waals surface area (Å²) < 4.78 is 0. The van der Waals surface area contributed by atoms with Crippen molar-refractivity contribution in [2.45, 2.75) is 19.3 Å². The molecule has 0 spiro atoms. The molecule has 1 aliphatic heterocycles. The minimum atomic E-state index is 0. The highest BCUT2D eigenvalue weighted by atomic mass is 14.9. The van der Waals surface area contributed by atoms with E-state index >= 15 is 0 Å². The number of piperidine rings is 1. The van der Waals surface area contributed by atoms with Crippen LogP contribution in [0.3, 0.4) is 0 Å². The first kappa shape index (κ1) is 11.9. The van der Waals surface area contributed by atoms with Crippen molar-refractivity contribution >= 4 is 21.8 Å². The molecule has 0 radical (unpaired) electrons. The molecule has 3 heterocycles. The summed E-state index contributed by atoms with van der Waals surface area (Å²) >= 11 is 0. The van der Waals surface area contributed by atoms with E-state index in [-0.39, 0.29) is 2.85 Å². The monoisotopic (exact) mass is 269 g/mol. The van der Waals surface area contributed by atoms with Gasteiger partial charge in [-0.1, -0.05) is 18.2 Å². The van der Waals surface area contributed by atoms with Gasteiger partial charge in [0.15, 0.2) is 0 Å². The molecular weight excluding hydrogens is 246 g/mol. The predicted octanol–water partition coefficient (Wildman–Crippen LogP) is 3.75. The topological polar surface area (TPSA) is 40.7 Å². The maximum absolute atomic E-state index is 4.49. The van der Waals surface area contributed by atoms with Crippen molar-refractivity contribution in [3.8, 4) is 0 Å². The molecule has 0 amide bonds. The van der Waals surface area contributed by atoms with E-state index in [1.807, 2.05) is 12.4 Å². The summed E-state index contributed by atoms with van der Waals surface area (Å²) in [6.07, 6.45) is 7.73. The van der Waals surface area contributed by atoms with Gasteiger partial charge in [0.2, 0.25) is 0 Å². The van der Waals surface area contributed by atoms with Crippen LogP contribution in [0, 0.1) is 5.92 Å². The Kier molecular flexibility index (Phi) is 2.92. The highest BCUT2D eigenvalue weighted by Crippen LogP contribution is 2.29. The number of fused-ring (bicyclic) bond motifs is 3. The minimum Gasteiger partial charge on any atom is -0.346 e. The van der Waals surface area contributed by atoms with Crippen LogP contribution in [0.4, 0.5) is 0 Å². The Morgan fingerprint density at radius 1 is 1.20 bits per heavy atom. The molecule has 1 aliphatic rings. The molecular formula is C17H23N3. The first-order chi connectivity index (χ1) is 9.92. The Balaban J connectivity index is 0.000000882. The van der Waals surface area contributed by atoms with Crippen LogP contribution in [0.1, 0.15) is 21.3 Å². The number of nitrogens with one attached hydrogen (secondary N) is 2. The summed E-state index contributed by atoms with van der Waals surface area (Å²) in [5.41, 5.74) is 2.47. The molecule has 106 valence electrons. The standard InChI is InChI=1S/C17H19N3.2H2/c1-2-13(10-12-4-7-18-8-5-12)16-14(3-1)11-20-17-15(16)6-9-19-17;;/h1-3,6,9,11-12,18H,4-5,7-8,10H2,(H,19,20);2*1H. The average molecular weight is 269 g/mol. The smallest absolute Gasteiger partial charge is 0.137 e. The van der Waals surface area contributed by atoms with Crippen molar-refractivity contribution in [1.29, 1.82) is 0 Å². The Morgan fingerprint density at radius 3 is 3.00 bits per heavy atom. The number of pyridine rings is 1. The minimum absolute atomic E-state index is 0. The molecule has 0 bridgehead atoms. The SMILES string of the molecule is [HH].[HH].c1cc(CC2CCNCC2)c2c(c1)cnc1[nH]ccc12. The van der Waals surface area contributed by atoms with Crippen molar-refractivity contribution in [2.75, 3.05) is 13.1 Å². The number of H-pyrrole nitrogens is 1. The summed E-state index contributed by atoms with van der Waals surface area (Å²) in [5, 5.41) is 7.34. The van der Waals surface area contributed by atoms with Crippen LogP contribution in [0.15, 0.2) is 36.7 Å². The number of hydrogen-bond donors (Lipinski definition) is 2. The van der Waals surface area contributed by atoms with E-state index in [1.165, 1.54) is 41.0 Å². The van der Waals surface area contributed by atoms with Gasteiger partial charge < -0.3 is 10.3 Å². The van der Waals surface area contributed by atoms with Gasteiger partial charge in [0, 0.05) is 26.0 Å². The highest BCUT2D eigenvalue weighted by molar-refractivity contribution is 6.06. The van der Waals surface area contributed by atoms with Gasteiger partial charge in [-0.2, -0.15) is 0 Å². The van der Waals surface area contributed by atoms with Gasteiger partial charge >= 0.3 is 0 Å². The Labute approximate surface area is 121 Å². The molecule has 2 aromatic heterocycles. The molecule has 2 N–H and O–H groups in total. The fraction of sp³-hybridized carbons (Fsp3) is 0.353. The second-order valence-electron chi connectivity index (χ2n) is 5.78. The van der Waals surface area contributed by atoms with Crippen LogP contribution in [0.25, 0.3) is 21.8 Å². The zero-order valence-electron chi connectivity index (χ0n) is 11.5. The molecule has 3 heteroatoms. The molecule has 0 saturated carbocycles. The lowest BCUT2D eigenvalue weighted by atomic mass is 9.88. The van der Waals surface area contributed by atoms with Gasteiger partial charge in [0.25, 0.3) is 0 Å². The first-order valence-corrected chi connectivity index (χ1v) is 7.46. The number of benzene rings is 1. The predicted molar refractivity (Wildman–Crippen MR) is 87.1 cm³/mol. The van der Waals surface area contributed by atoms with Crippen molar-refractivity contribution in [2.24, 2.45) is 5.92 Å². The molecule has 0 atom stereocenters. The van der Waals surface area contributed by atoms with Crippen molar-refractivity contribution in [3.63, 3.8) is 0 Å². The molecule has 3 aromatic rings. The van der Waals surface area contributed by atoms with Gasteiger partial charge in [0.05, 0.1) is 0 Å². The maximum atomic E-state index is 4.49. The summed E-state index contributed by atoms with van der Waals surface area (Å²) in [7, 11) is 0. The van der Waals surface area contributed by atoms with E-state index in [2.05, 4.69) is 39.6 Å². The lowest BCUT2D eigenvalue weighted by Crippen LogP contribution is -2.28. The van der Waals surface area contributed by atoms with Gasteiger partial charge in [0.1, 0.15) is 5.65 Å². The fourth-order valence-corrected chi connectivity index (χ4v) is 3.43. The summed E-state index contributed by atoms with van der Waals surface area (Å²) in [6.45, 7) is 2.33. The molecule has 4 rings (SSSR count). The van der Waals surface area contributed by atoms with E-state index < -0.39 is 0 Å². The van der Waals surface area contributed by atoms with Crippen LogP contribution < -0.4 is 5.32 Å². The number of hydrogen-bond acceptors (Lipinski definition) is 2. The van der Waals surface area contributed by atoms with E-state index in [1.54, 1.807) is 0 Å². The quantitative estimate of drug-likeness (QED) is 0.744. The Hall–Kier alpha value is -1.87. The molecule has 3 nitrogen and oxygen atoms in total. The van der Waals surface area contributed by atoms with Crippen LogP contribution >= 0.6 is 0 Å². The van der Waals surface area contributed by atoms with Crippen LogP contribution in [0.2, 0.25) is 0 Å². The van der Waals surface area contributed by atoms with E-state index in [0.29, 0.717) is 0 Å².